The highest BCUT2D eigenvalue weighted by Crippen LogP contribution is 2.24. The second kappa shape index (κ2) is 16.6. The van der Waals surface area contributed by atoms with Crippen molar-refractivity contribution in [3.63, 3.8) is 0 Å². The van der Waals surface area contributed by atoms with Crippen LogP contribution < -0.4 is 14.4 Å². The van der Waals surface area contributed by atoms with E-state index in [9.17, 15) is 22.4 Å². The summed E-state index contributed by atoms with van der Waals surface area (Å²) in [4.78, 5) is 29.1. The third-order valence-corrected chi connectivity index (χ3v) is 8.59. The average molecular weight is 646 g/mol. The predicted molar refractivity (Wildman–Crippen MR) is 178 cm³/mol. The number of ether oxygens (including phenoxy) is 1. The van der Waals surface area contributed by atoms with Crippen LogP contribution in [-0.2, 0) is 39.2 Å². The fourth-order valence-corrected chi connectivity index (χ4v) is 5.78. The quantitative estimate of drug-likeness (QED) is 0.157. The molecule has 242 valence electrons. The van der Waals surface area contributed by atoms with E-state index >= 15 is 0 Å². The molecule has 46 heavy (non-hydrogen) atoms. The minimum absolute atomic E-state index is 0.158. The Balaban J connectivity index is 1.64. The lowest BCUT2D eigenvalue weighted by Crippen LogP contribution is -2.53. The van der Waals surface area contributed by atoms with Crippen LogP contribution >= 0.6 is 0 Å². The maximum Gasteiger partial charge on any atom is 0.244 e. The van der Waals surface area contributed by atoms with E-state index < -0.39 is 40.2 Å². The Morgan fingerprint density at radius 3 is 2.07 bits per heavy atom. The Kier molecular flexibility index (Phi) is 12.3. The van der Waals surface area contributed by atoms with Gasteiger partial charge in [0.2, 0.25) is 21.8 Å². The monoisotopic (exact) mass is 645 g/mol. The lowest BCUT2D eigenvalue weighted by Gasteiger charge is -2.33. The van der Waals surface area contributed by atoms with Crippen LogP contribution in [0.25, 0.3) is 0 Å². The van der Waals surface area contributed by atoms with E-state index in [1.165, 1.54) is 11.0 Å². The summed E-state index contributed by atoms with van der Waals surface area (Å²) < 4.78 is 47.9. The second-order valence-electron chi connectivity index (χ2n) is 11.0. The number of halogens is 1. The number of carbonyl (C=O) groups is 2. The third-order valence-electron chi connectivity index (χ3n) is 7.45. The van der Waals surface area contributed by atoms with E-state index in [0.29, 0.717) is 18.9 Å². The van der Waals surface area contributed by atoms with E-state index in [4.69, 9.17) is 4.74 Å². The number of hydrogen-bond acceptors (Lipinski definition) is 5. The first-order chi connectivity index (χ1) is 22.2. The molecule has 0 fully saturated rings. The number of sulfonamides is 1. The summed E-state index contributed by atoms with van der Waals surface area (Å²) in [7, 11) is -3.95. The van der Waals surface area contributed by atoms with Gasteiger partial charge in [-0.15, -0.1) is 0 Å². The van der Waals surface area contributed by atoms with Gasteiger partial charge in [-0.2, -0.15) is 0 Å². The fraction of sp³-hybridized carbons (Fsp3) is 0.278. The van der Waals surface area contributed by atoms with Crippen molar-refractivity contribution in [1.82, 2.24) is 10.2 Å². The van der Waals surface area contributed by atoms with Gasteiger partial charge in [0, 0.05) is 25.1 Å². The number of nitrogens with zero attached hydrogens (tertiary/aromatic N) is 2. The summed E-state index contributed by atoms with van der Waals surface area (Å²) >= 11 is 0. The van der Waals surface area contributed by atoms with Crippen molar-refractivity contribution >= 4 is 27.5 Å². The topological polar surface area (TPSA) is 96.0 Å². The highest BCUT2D eigenvalue weighted by atomic mass is 32.2. The molecule has 0 spiro atoms. The Morgan fingerprint density at radius 2 is 1.46 bits per heavy atom. The van der Waals surface area contributed by atoms with E-state index in [0.717, 1.165) is 34.5 Å². The molecule has 1 atom stereocenters. The first-order valence-electron chi connectivity index (χ1n) is 15.2. The summed E-state index contributed by atoms with van der Waals surface area (Å²) in [5, 5.41) is 2.91. The molecule has 0 radical (unpaired) electrons. The van der Waals surface area contributed by atoms with Crippen LogP contribution in [0, 0.1) is 5.82 Å². The standard InChI is InChI=1S/C36H40FN3O5S/c1-3-4-23-38-36(42)34(24-28-13-7-5-8-14-28)39(25-30-17-11-12-18-33(30)37)35(41)26-40(46(2,43)44)31-19-21-32(22-20-31)45-27-29-15-9-6-10-16-29/h5-22,34H,3-4,23-27H2,1-2H3,(H,38,42)/t34-/m1/s1. The summed E-state index contributed by atoms with van der Waals surface area (Å²) in [6.45, 7) is 1.93. The van der Waals surface area contributed by atoms with E-state index in [1.807, 2.05) is 67.6 Å². The van der Waals surface area contributed by atoms with Crippen molar-refractivity contribution in [2.75, 3.05) is 23.7 Å². The number of amides is 2. The highest BCUT2D eigenvalue weighted by molar-refractivity contribution is 7.92. The molecule has 4 aromatic rings. The van der Waals surface area contributed by atoms with Crippen LogP contribution in [0.4, 0.5) is 10.1 Å². The molecule has 0 unspecified atom stereocenters. The molecule has 8 nitrogen and oxygen atoms in total. The van der Waals surface area contributed by atoms with E-state index in [1.54, 1.807) is 42.5 Å². The minimum Gasteiger partial charge on any atom is -0.489 e. The summed E-state index contributed by atoms with van der Waals surface area (Å²) in [5.41, 5.74) is 2.24. The van der Waals surface area contributed by atoms with Gasteiger partial charge in [-0.1, -0.05) is 92.2 Å². The predicted octanol–water partition coefficient (Wildman–Crippen LogP) is 5.73. The van der Waals surface area contributed by atoms with Gasteiger partial charge in [0.05, 0.1) is 11.9 Å². The number of rotatable bonds is 16. The van der Waals surface area contributed by atoms with Gasteiger partial charge in [0.1, 0.15) is 30.8 Å². The molecular weight excluding hydrogens is 605 g/mol. The van der Waals surface area contributed by atoms with Crippen molar-refractivity contribution in [1.29, 1.82) is 0 Å². The van der Waals surface area contributed by atoms with Gasteiger partial charge in [0.15, 0.2) is 0 Å². The normalized spacial score (nSPS) is 11.8. The molecule has 0 aliphatic heterocycles. The lowest BCUT2D eigenvalue weighted by atomic mass is 10.0. The van der Waals surface area contributed by atoms with Gasteiger partial charge in [-0.3, -0.25) is 13.9 Å². The van der Waals surface area contributed by atoms with E-state index in [-0.39, 0.29) is 24.2 Å². The Morgan fingerprint density at radius 1 is 0.848 bits per heavy atom. The second-order valence-corrected chi connectivity index (χ2v) is 12.9. The third kappa shape index (κ3) is 9.90. The maximum absolute atomic E-state index is 14.9. The number of benzene rings is 4. The zero-order chi connectivity index (χ0) is 32.9. The molecule has 0 saturated heterocycles. The smallest absolute Gasteiger partial charge is 0.244 e. The van der Waals surface area contributed by atoms with Crippen LogP contribution in [-0.4, -0.2) is 50.5 Å². The fourth-order valence-electron chi connectivity index (χ4n) is 4.93. The molecular formula is C36H40FN3O5S. The Hall–Kier alpha value is -4.70. The Bertz CT molecular complexity index is 1670. The molecule has 0 heterocycles. The average Bonchev–Trinajstić information content (AvgIpc) is 3.06. The lowest BCUT2D eigenvalue weighted by molar-refractivity contribution is -0.140. The summed E-state index contributed by atoms with van der Waals surface area (Å²) in [5.74, 6) is -1.05. The van der Waals surface area contributed by atoms with Crippen LogP contribution in [0.3, 0.4) is 0 Å². The van der Waals surface area contributed by atoms with Crippen LogP contribution in [0.2, 0.25) is 0 Å². The van der Waals surface area contributed by atoms with Gasteiger partial charge in [0.25, 0.3) is 0 Å². The van der Waals surface area contributed by atoms with Gasteiger partial charge < -0.3 is 15.0 Å². The van der Waals surface area contributed by atoms with Gasteiger partial charge in [-0.05, 0) is 47.9 Å². The van der Waals surface area contributed by atoms with Crippen molar-refractivity contribution in [3.05, 3.63) is 132 Å². The maximum atomic E-state index is 14.9. The number of carbonyl (C=O) groups excluding carboxylic acids is 2. The first kappa shape index (κ1) is 34.2. The summed E-state index contributed by atoms with van der Waals surface area (Å²) in [6.07, 6.45) is 2.78. The molecule has 4 aromatic carbocycles. The first-order valence-corrected chi connectivity index (χ1v) is 17.1. The van der Waals surface area contributed by atoms with Crippen molar-refractivity contribution in [2.24, 2.45) is 0 Å². The van der Waals surface area contributed by atoms with Gasteiger partial charge >= 0.3 is 0 Å². The minimum atomic E-state index is -3.95. The van der Waals surface area contributed by atoms with Crippen molar-refractivity contribution in [2.45, 2.75) is 45.4 Å². The summed E-state index contributed by atoms with van der Waals surface area (Å²) in [6, 6.07) is 30.3. The molecule has 2 amide bonds. The molecule has 0 aliphatic rings. The molecule has 4 rings (SSSR count). The van der Waals surface area contributed by atoms with Gasteiger partial charge in [-0.25, -0.2) is 12.8 Å². The number of hydrogen-bond donors (Lipinski definition) is 1. The SMILES string of the molecule is CCCCNC(=O)[C@@H](Cc1ccccc1)N(Cc1ccccc1F)C(=O)CN(c1ccc(OCc2ccccc2)cc1)S(C)(=O)=O. The zero-order valence-corrected chi connectivity index (χ0v) is 27.0. The highest BCUT2D eigenvalue weighted by Gasteiger charge is 2.33. The van der Waals surface area contributed by atoms with Crippen molar-refractivity contribution in [3.8, 4) is 5.75 Å². The zero-order valence-electron chi connectivity index (χ0n) is 26.1. The molecule has 0 aromatic heterocycles. The number of anilines is 1. The van der Waals surface area contributed by atoms with Crippen molar-refractivity contribution < 1.29 is 27.1 Å². The number of unbranched alkanes of at least 4 members (excludes halogenated alkanes) is 1. The molecule has 0 aliphatic carbocycles. The molecule has 0 saturated carbocycles. The molecule has 1 N–H and O–H groups in total. The van der Waals surface area contributed by atoms with E-state index in [2.05, 4.69) is 5.32 Å². The largest absolute Gasteiger partial charge is 0.489 e. The van der Waals surface area contributed by atoms with Crippen LogP contribution in [0.5, 0.6) is 5.75 Å². The van der Waals surface area contributed by atoms with Crippen LogP contribution in [0.15, 0.2) is 109 Å². The van der Waals surface area contributed by atoms with Crippen LogP contribution in [0.1, 0.15) is 36.5 Å². The number of nitrogens with one attached hydrogen (secondary N) is 1. The molecule has 0 bridgehead atoms. The molecule has 10 heteroatoms. The Labute approximate surface area is 270 Å².